The van der Waals surface area contributed by atoms with E-state index in [2.05, 4.69) is 60.8 Å². The molecule has 1 saturated heterocycles. The van der Waals surface area contributed by atoms with Crippen LogP contribution in [-0.2, 0) is 73.3 Å². The predicted molar refractivity (Wildman–Crippen MR) is 121 cm³/mol. The van der Waals surface area contributed by atoms with Gasteiger partial charge >= 0.3 is 0 Å². The van der Waals surface area contributed by atoms with Crippen LogP contribution in [0.1, 0.15) is 19.3 Å². The summed E-state index contributed by atoms with van der Waals surface area (Å²) in [7, 11) is -10.9. The van der Waals surface area contributed by atoms with Gasteiger partial charge in [-0.25, -0.2) is 0 Å². The molecule has 3 atom stereocenters. The lowest BCUT2D eigenvalue weighted by atomic mass is 10.3. The Hall–Kier alpha value is 0.750. The van der Waals surface area contributed by atoms with E-state index in [4.69, 9.17) is 13.7 Å². The van der Waals surface area contributed by atoms with E-state index in [0.717, 1.165) is 0 Å². The Morgan fingerprint density at radius 2 is 0.833 bits per heavy atom. The molecule has 0 saturated carbocycles. The zero-order valence-corrected chi connectivity index (χ0v) is 21.0. The average Bonchev–Trinajstić information content (AvgIpc) is 2.57. The Morgan fingerprint density at radius 1 is 0.600 bits per heavy atom. The van der Waals surface area contributed by atoms with E-state index in [-0.39, 0.29) is 19.8 Å². The Labute approximate surface area is 192 Å². The number of nitrogens with zero attached hydrogens (tertiary/aromatic N) is 3. The second-order valence-electron chi connectivity index (χ2n) is 6.42. The van der Waals surface area contributed by atoms with Crippen LogP contribution in [0.5, 0.6) is 0 Å². The normalized spacial score (nSPS) is 22.9. The van der Waals surface area contributed by atoms with Crippen LogP contribution in [-0.4, -0.2) is 100 Å². The molecule has 1 fully saturated rings. The molecule has 0 radical (unpaired) electrons. The summed E-state index contributed by atoms with van der Waals surface area (Å²) >= 11 is 12.8. The molecule has 30 heavy (non-hydrogen) atoms. The first-order chi connectivity index (χ1) is 13.7. The molecule has 3 N–H and O–H groups in total. The van der Waals surface area contributed by atoms with E-state index in [1.807, 2.05) is 0 Å². The van der Waals surface area contributed by atoms with Gasteiger partial charge in [-0.1, -0.05) is 0 Å². The van der Waals surface area contributed by atoms with E-state index < -0.39 is 27.2 Å². The van der Waals surface area contributed by atoms with Gasteiger partial charge in [0.25, 0.3) is 27.2 Å². The van der Waals surface area contributed by atoms with Crippen LogP contribution in [0.4, 0.5) is 0 Å². The van der Waals surface area contributed by atoms with E-state index in [9.17, 15) is 12.6 Å². The lowest BCUT2D eigenvalue weighted by molar-refractivity contribution is -0.0336. The summed E-state index contributed by atoms with van der Waals surface area (Å²) in [5.41, 5.74) is 0. The highest BCUT2D eigenvalue weighted by Gasteiger charge is 2.23. The Morgan fingerprint density at radius 3 is 1.03 bits per heavy atom. The molecule has 0 aliphatic carbocycles. The zero-order valence-electron chi connectivity index (χ0n) is 16.1. The highest BCUT2D eigenvalue weighted by Crippen LogP contribution is 2.10. The monoisotopic (exact) mass is 549 g/mol. The van der Waals surface area contributed by atoms with Crippen molar-refractivity contribution >= 4 is 60.7 Å². The topological polar surface area (TPSA) is 149 Å². The van der Waals surface area contributed by atoms with Crippen molar-refractivity contribution in [3.63, 3.8) is 0 Å². The van der Waals surface area contributed by atoms with Gasteiger partial charge in [-0.05, 0) is 19.3 Å². The summed E-state index contributed by atoms with van der Waals surface area (Å²) in [5.74, 6) is 0. The van der Waals surface area contributed by atoms with Crippen LogP contribution in [0.2, 0.25) is 0 Å². The molecule has 1 heterocycles. The van der Waals surface area contributed by atoms with E-state index in [1.54, 1.807) is 0 Å². The van der Waals surface area contributed by atoms with Crippen LogP contribution in [0.25, 0.3) is 0 Å². The Kier molecular flexibility index (Phi) is 12.9. The first kappa shape index (κ1) is 28.8. The fourth-order valence-electron chi connectivity index (χ4n) is 2.76. The van der Waals surface area contributed by atoms with E-state index in [1.165, 1.54) is 0 Å². The Bertz CT molecular complexity index is 705. The van der Waals surface area contributed by atoms with Crippen molar-refractivity contribution in [3.8, 4) is 0 Å². The van der Waals surface area contributed by atoms with Crippen LogP contribution in [0.15, 0.2) is 0 Å². The molecule has 0 bridgehead atoms. The number of hydrogen-bond donors (Lipinski definition) is 3. The van der Waals surface area contributed by atoms with Gasteiger partial charge < -0.3 is 0 Å². The quantitative estimate of drug-likeness (QED) is 0.223. The summed E-state index contributed by atoms with van der Waals surface area (Å²) in [6.45, 7) is 3.70. The zero-order chi connectivity index (χ0) is 22.8. The summed E-state index contributed by atoms with van der Waals surface area (Å²) in [4.78, 5) is 6.25. The lowest BCUT2D eigenvalue weighted by Crippen LogP contribution is -2.55. The van der Waals surface area contributed by atoms with Crippen LogP contribution >= 0.6 is 0 Å². The van der Waals surface area contributed by atoms with Crippen LogP contribution in [0.3, 0.4) is 0 Å². The van der Waals surface area contributed by atoms with Crippen molar-refractivity contribution in [2.45, 2.75) is 19.3 Å². The SMILES string of the molecule is O=S(O)(=S)OCCCN1CN(CCCOS(=O)(O)=S)CN(CCCOS(=O)(O)=S)C1. The van der Waals surface area contributed by atoms with Crippen molar-refractivity contribution < 1.29 is 38.8 Å². The number of rotatable bonds is 15. The maximum Gasteiger partial charge on any atom is 0.266 e. The van der Waals surface area contributed by atoms with Gasteiger partial charge in [0.15, 0.2) is 0 Å². The summed E-state index contributed by atoms with van der Waals surface area (Å²) in [5, 5.41) is 0. The second kappa shape index (κ2) is 13.5. The van der Waals surface area contributed by atoms with Gasteiger partial charge in [0.05, 0.1) is 39.8 Å². The molecular formula is C12H27N3O9S6. The fraction of sp³-hybridized carbons (Fsp3) is 1.00. The predicted octanol–water partition coefficient (Wildman–Crippen LogP) is -0.598. The van der Waals surface area contributed by atoms with Gasteiger partial charge in [-0.3, -0.25) is 40.9 Å². The molecule has 3 unspecified atom stereocenters. The standard InChI is InChI=1S/C12H27N3O9S6/c16-28(17,25)22-7-1-4-13-10-14(5-2-8-23-29(18,19)26)12-15(11-13)6-3-9-24-30(20,21)27/h1-12H2,(H,16,17,25)(H,18,19,26)(H,20,21,27). The highest BCUT2D eigenvalue weighted by atomic mass is 32.9. The summed E-state index contributed by atoms with van der Waals surface area (Å²) in [6, 6.07) is 0. The highest BCUT2D eigenvalue weighted by molar-refractivity contribution is 8.27. The molecule has 1 aliphatic rings. The fourth-order valence-corrected chi connectivity index (χ4v) is 4.36. The van der Waals surface area contributed by atoms with E-state index >= 15 is 0 Å². The van der Waals surface area contributed by atoms with Crippen molar-refractivity contribution in [2.75, 3.05) is 59.5 Å². The summed E-state index contributed by atoms with van der Waals surface area (Å²) < 4.78 is 73.9. The van der Waals surface area contributed by atoms with Gasteiger partial charge in [0.2, 0.25) is 0 Å². The lowest BCUT2D eigenvalue weighted by Gasteiger charge is -2.42. The third-order valence-electron chi connectivity index (χ3n) is 3.75. The van der Waals surface area contributed by atoms with Crippen LogP contribution in [0, 0.1) is 0 Å². The Balaban J connectivity index is 2.50. The minimum atomic E-state index is -3.64. The molecule has 12 nitrogen and oxygen atoms in total. The molecule has 0 amide bonds. The third-order valence-corrected chi connectivity index (χ3v) is 6.01. The van der Waals surface area contributed by atoms with Gasteiger partial charge in [-0.15, -0.1) is 0 Å². The maximum atomic E-state index is 11.0. The largest absolute Gasteiger partial charge is 0.285 e. The molecule has 0 aromatic heterocycles. The van der Waals surface area contributed by atoms with Crippen LogP contribution < -0.4 is 0 Å². The molecule has 0 spiro atoms. The minimum Gasteiger partial charge on any atom is -0.285 e. The van der Waals surface area contributed by atoms with Gasteiger partial charge in [0, 0.05) is 53.2 Å². The van der Waals surface area contributed by atoms with Gasteiger partial charge in [-0.2, -0.15) is 12.6 Å². The maximum absolute atomic E-state index is 11.0. The molecule has 1 rings (SSSR count). The third kappa shape index (κ3) is 16.4. The average molecular weight is 550 g/mol. The smallest absolute Gasteiger partial charge is 0.266 e. The number of hydrogen-bond acceptors (Lipinski definition) is 12. The van der Waals surface area contributed by atoms with Crippen molar-refractivity contribution in [2.24, 2.45) is 0 Å². The molecule has 0 aromatic carbocycles. The van der Waals surface area contributed by atoms with E-state index in [0.29, 0.717) is 58.9 Å². The first-order valence-corrected chi connectivity index (χ1v) is 15.9. The molecule has 1 aliphatic heterocycles. The first-order valence-electron chi connectivity index (χ1n) is 8.76. The van der Waals surface area contributed by atoms with Crippen molar-refractivity contribution in [3.05, 3.63) is 0 Å². The molecule has 18 heteroatoms. The molecule has 0 aromatic rings. The van der Waals surface area contributed by atoms with Gasteiger partial charge in [0.1, 0.15) is 0 Å². The summed E-state index contributed by atoms with van der Waals surface area (Å²) in [6.07, 6.45) is 1.48. The second-order valence-corrected chi connectivity index (χ2v) is 13.5. The van der Waals surface area contributed by atoms with Crippen molar-refractivity contribution in [1.29, 1.82) is 0 Å². The van der Waals surface area contributed by atoms with Crippen molar-refractivity contribution in [1.82, 2.24) is 14.7 Å². The molecule has 180 valence electrons. The minimum absolute atomic E-state index is 0.0460. The molecular weight excluding hydrogens is 523 g/mol.